The Morgan fingerprint density at radius 2 is 2.05 bits per heavy atom. The van der Waals surface area contributed by atoms with E-state index in [4.69, 9.17) is 10.5 Å². The molecule has 1 amide bonds. The van der Waals surface area contributed by atoms with E-state index in [0.29, 0.717) is 31.0 Å². The summed E-state index contributed by atoms with van der Waals surface area (Å²) in [6, 6.07) is 6.90. The lowest BCUT2D eigenvalue weighted by atomic mass is 10.1. The highest BCUT2D eigenvalue weighted by molar-refractivity contribution is 7.91. The summed E-state index contributed by atoms with van der Waals surface area (Å²) in [5, 5.41) is 2.72. The van der Waals surface area contributed by atoms with Crippen LogP contribution < -0.4 is 15.8 Å². The second-order valence-corrected chi connectivity index (χ2v) is 6.98. The number of nitrogens with one attached hydrogen (secondary N) is 1. The summed E-state index contributed by atoms with van der Waals surface area (Å²) < 4.78 is 28.0. The Balaban J connectivity index is 1.91. The number of rotatable bonds is 5. The minimum atomic E-state index is -3.04. The Labute approximate surface area is 118 Å². The van der Waals surface area contributed by atoms with Crippen molar-refractivity contribution >= 4 is 21.4 Å². The van der Waals surface area contributed by atoms with Crippen LogP contribution in [0.1, 0.15) is 6.42 Å². The van der Waals surface area contributed by atoms with Gasteiger partial charge in [0.15, 0.2) is 9.84 Å². The van der Waals surface area contributed by atoms with Gasteiger partial charge in [-0.3, -0.25) is 4.79 Å². The predicted octanol–water partition coefficient (Wildman–Crippen LogP) is 0.397. The summed E-state index contributed by atoms with van der Waals surface area (Å²) in [4.78, 5) is 11.9. The predicted molar refractivity (Wildman–Crippen MR) is 76.4 cm³/mol. The number of amides is 1. The first-order chi connectivity index (χ1) is 9.50. The monoisotopic (exact) mass is 298 g/mol. The first-order valence-corrected chi connectivity index (χ1v) is 8.26. The number of hydrogen-bond donors (Lipinski definition) is 2. The zero-order chi connectivity index (χ0) is 14.6. The molecule has 1 saturated heterocycles. The summed E-state index contributed by atoms with van der Waals surface area (Å²) in [6.07, 6.45) is 0.395. The first kappa shape index (κ1) is 14.8. The Morgan fingerprint density at radius 3 is 2.60 bits per heavy atom. The summed E-state index contributed by atoms with van der Waals surface area (Å²) in [5.41, 5.74) is 5.96. The van der Waals surface area contributed by atoms with Gasteiger partial charge in [-0.15, -0.1) is 0 Å². The summed E-state index contributed by atoms with van der Waals surface area (Å²) >= 11 is 0. The number of sulfone groups is 1. The smallest absolute Gasteiger partial charge is 0.228 e. The van der Waals surface area contributed by atoms with E-state index in [1.807, 2.05) is 0 Å². The SMILES string of the molecule is NCCOc1ccc(NC(=O)C2CCS(=O)(=O)C2)cc1. The molecule has 0 spiro atoms. The molecule has 0 aromatic heterocycles. The molecule has 110 valence electrons. The van der Waals surface area contributed by atoms with Gasteiger partial charge in [0.2, 0.25) is 5.91 Å². The number of ether oxygens (including phenoxy) is 1. The van der Waals surface area contributed by atoms with Crippen molar-refractivity contribution in [3.05, 3.63) is 24.3 Å². The zero-order valence-corrected chi connectivity index (χ0v) is 11.9. The van der Waals surface area contributed by atoms with Crippen LogP contribution in [-0.2, 0) is 14.6 Å². The molecule has 1 atom stereocenters. The van der Waals surface area contributed by atoms with Crippen molar-refractivity contribution in [2.24, 2.45) is 11.7 Å². The van der Waals surface area contributed by atoms with Crippen molar-refractivity contribution in [1.82, 2.24) is 0 Å². The lowest BCUT2D eigenvalue weighted by molar-refractivity contribution is -0.119. The lowest BCUT2D eigenvalue weighted by Gasteiger charge is -2.10. The Morgan fingerprint density at radius 1 is 1.35 bits per heavy atom. The minimum Gasteiger partial charge on any atom is -0.492 e. The van der Waals surface area contributed by atoms with Gasteiger partial charge in [0.05, 0.1) is 17.4 Å². The van der Waals surface area contributed by atoms with Gasteiger partial charge in [-0.25, -0.2) is 8.42 Å². The van der Waals surface area contributed by atoms with Crippen molar-refractivity contribution in [2.45, 2.75) is 6.42 Å². The zero-order valence-electron chi connectivity index (χ0n) is 11.0. The summed E-state index contributed by atoms with van der Waals surface area (Å²) in [5.74, 6) is 0.0137. The van der Waals surface area contributed by atoms with Gasteiger partial charge in [-0.1, -0.05) is 0 Å². The third kappa shape index (κ3) is 3.94. The molecule has 1 aromatic carbocycles. The second kappa shape index (κ2) is 6.23. The highest BCUT2D eigenvalue weighted by Gasteiger charge is 2.32. The van der Waals surface area contributed by atoms with Crippen LogP contribution in [0, 0.1) is 5.92 Å². The Hall–Kier alpha value is -1.60. The van der Waals surface area contributed by atoms with Gasteiger partial charge in [0.25, 0.3) is 0 Å². The molecular formula is C13H18N2O4S. The molecule has 1 aliphatic rings. The number of hydrogen-bond acceptors (Lipinski definition) is 5. The number of benzene rings is 1. The van der Waals surface area contributed by atoms with Crippen molar-refractivity contribution in [2.75, 3.05) is 30.0 Å². The first-order valence-electron chi connectivity index (χ1n) is 6.44. The van der Waals surface area contributed by atoms with Gasteiger partial charge in [-0.2, -0.15) is 0 Å². The molecule has 6 nitrogen and oxygen atoms in total. The van der Waals surface area contributed by atoms with Crippen LogP contribution in [0.25, 0.3) is 0 Å². The molecule has 1 heterocycles. The van der Waals surface area contributed by atoms with E-state index in [9.17, 15) is 13.2 Å². The van der Waals surface area contributed by atoms with Gasteiger partial charge in [0, 0.05) is 12.2 Å². The average Bonchev–Trinajstić information content (AvgIpc) is 2.78. The van der Waals surface area contributed by atoms with E-state index < -0.39 is 15.8 Å². The van der Waals surface area contributed by atoms with E-state index in [1.54, 1.807) is 24.3 Å². The van der Waals surface area contributed by atoms with Gasteiger partial charge in [0.1, 0.15) is 12.4 Å². The van der Waals surface area contributed by atoms with E-state index in [2.05, 4.69) is 5.32 Å². The topological polar surface area (TPSA) is 98.5 Å². The standard InChI is InChI=1S/C13H18N2O4S/c14-6-7-19-12-3-1-11(2-4-12)15-13(16)10-5-8-20(17,18)9-10/h1-4,10H,5-9,14H2,(H,15,16). The van der Waals surface area contributed by atoms with Crippen LogP contribution >= 0.6 is 0 Å². The fourth-order valence-electron chi connectivity index (χ4n) is 2.06. The Bertz CT molecular complexity index is 569. The summed E-state index contributed by atoms with van der Waals surface area (Å²) in [7, 11) is -3.04. The minimum absolute atomic E-state index is 0.0590. The van der Waals surface area contributed by atoms with Crippen molar-refractivity contribution < 1.29 is 17.9 Å². The molecule has 7 heteroatoms. The van der Waals surface area contributed by atoms with Crippen LogP contribution in [0.4, 0.5) is 5.69 Å². The maximum atomic E-state index is 11.9. The van der Waals surface area contributed by atoms with E-state index in [0.717, 1.165) is 0 Å². The maximum Gasteiger partial charge on any atom is 0.228 e. The summed E-state index contributed by atoms with van der Waals surface area (Å²) in [6.45, 7) is 0.875. The van der Waals surface area contributed by atoms with Crippen molar-refractivity contribution in [3.8, 4) is 5.75 Å². The van der Waals surface area contributed by atoms with E-state index in [-0.39, 0.29) is 17.4 Å². The molecule has 2 rings (SSSR count). The van der Waals surface area contributed by atoms with Crippen molar-refractivity contribution in [1.29, 1.82) is 0 Å². The normalized spacial score (nSPS) is 20.6. The molecule has 0 radical (unpaired) electrons. The molecule has 1 fully saturated rings. The Kier molecular flexibility index (Phi) is 4.61. The molecule has 0 saturated carbocycles. The molecule has 1 unspecified atom stereocenters. The van der Waals surface area contributed by atoms with Crippen LogP contribution in [0.3, 0.4) is 0 Å². The third-order valence-corrected chi connectivity index (χ3v) is 4.88. The van der Waals surface area contributed by atoms with Crippen LogP contribution in [-0.4, -0.2) is 39.0 Å². The molecule has 1 aromatic rings. The number of nitrogens with two attached hydrogens (primary N) is 1. The molecule has 20 heavy (non-hydrogen) atoms. The molecule has 0 aliphatic carbocycles. The molecule has 0 bridgehead atoms. The van der Waals surface area contributed by atoms with E-state index in [1.165, 1.54) is 0 Å². The number of carbonyl (C=O) groups is 1. The van der Waals surface area contributed by atoms with Gasteiger partial charge in [-0.05, 0) is 30.7 Å². The fraction of sp³-hybridized carbons (Fsp3) is 0.462. The maximum absolute atomic E-state index is 11.9. The fourth-order valence-corrected chi connectivity index (χ4v) is 3.80. The lowest BCUT2D eigenvalue weighted by Crippen LogP contribution is -2.23. The van der Waals surface area contributed by atoms with Gasteiger partial charge >= 0.3 is 0 Å². The van der Waals surface area contributed by atoms with Crippen LogP contribution in [0.2, 0.25) is 0 Å². The molecular weight excluding hydrogens is 280 g/mol. The highest BCUT2D eigenvalue weighted by Crippen LogP contribution is 2.21. The van der Waals surface area contributed by atoms with Crippen molar-refractivity contribution in [3.63, 3.8) is 0 Å². The molecule has 3 N–H and O–H groups in total. The third-order valence-electron chi connectivity index (χ3n) is 3.11. The number of carbonyl (C=O) groups excluding carboxylic acids is 1. The molecule has 1 aliphatic heterocycles. The van der Waals surface area contributed by atoms with Gasteiger partial charge < -0.3 is 15.8 Å². The largest absolute Gasteiger partial charge is 0.492 e. The highest BCUT2D eigenvalue weighted by atomic mass is 32.2. The van der Waals surface area contributed by atoms with Crippen LogP contribution in [0.15, 0.2) is 24.3 Å². The quantitative estimate of drug-likeness (QED) is 0.819. The number of anilines is 1. The second-order valence-electron chi connectivity index (χ2n) is 4.75. The van der Waals surface area contributed by atoms with E-state index >= 15 is 0 Å². The van der Waals surface area contributed by atoms with Crippen LogP contribution in [0.5, 0.6) is 5.75 Å². The average molecular weight is 298 g/mol.